The number of nitrogens with one attached hydrogen (secondary N) is 1. The van der Waals surface area contributed by atoms with Gasteiger partial charge in [0.05, 0.1) is 5.69 Å². The Morgan fingerprint density at radius 2 is 1.62 bits per heavy atom. The number of carbonyl (C=O) groups excluding carboxylic acids is 1. The molecule has 0 fully saturated rings. The van der Waals surface area contributed by atoms with Crippen molar-refractivity contribution < 1.29 is 26.7 Å². The Morgan fingerprint density at radius 1 is 1.00 bits per heavy atom. The number of aliphatic imine (C=N–C) groups is 1. The number of anilines is 1. The Bertz CT molecular complexity index is 1390. The molecular weight excluding hydrogens is 489 g/mol. The lowest BCUT2D eigenvalue weighted by molar-refractivity contribution is -0.144. The molecule has 0 amide bonds. The number of fused-ring (bicyclic) bond motifs is 1. The highest BCUT2D eigenvalue weighted by atomic mass is 19.4. The lowest BCUT2D eigenvalue weighted by Gasteiger charge is -2.33. The van der Waals surface area contributed by atoms with Gasteiger partial charge in [0.1, 0.15) is 5.84 Å². The van der Waals surface area contributed by atoms with E-state index in [0.29, 0.717) is 18.3 Å². The number of rotatable bonds is 6. The highest BCUT2D eigenvalue weighted by Crippen LogP contribution is 2.47. The zero-order chi connectivity index (χ0) is 27.1. The second-order valence-corrected chi connectivity index (χ2v) is 8.88. The summed E-state index contributed by atoms with van der Waals surface area (Å²) in [5.74, 6) is -3.56. The number of Topliss-reactive ketones (excluding diaryl/α,β-unsaturated/α-hetero) is 1. The van der Waals surface area contributed by atoms with E-state index in [-0.39, 0.29) is 28.2 Å². The molecule has 3 aromatic rings. The van der Waals surface area contributed by atoms with Gasteiger partial charge in [-0.3, -0.25) is 4.79 Å². The first-order valence-electron chi connectivity index (χ1n) is 11.4. The van der Waals surface area contributed by atoms with Crippen LogP contribution in [0.1, 0.15) is 52.5 Å². The Labute approximate surface area is 211 Å². The van der Waals surface area contributed by atoms with Crippen LogP contribution in [0.2, 0.25) is 0 Å². The van der Waals surface area contributed by atoms with Gasteiger partial charge in [0.25, 0.3) is 5.92 Å². The van der Waals surface area contributed by atoms with Crippen molar-refractivity contribution in [3.05, 3.63) is 101 Å². The van der Waals surface area contributed by atoms with E-state index in [9.17, 15) is 26.7 Å². The maximum atomic E-state index is 14.6. The van der Waals surface area contributed by atoms with E-state index in [1.165, 1.54) is 31.2 Å². The lowest BCUT2D eigenvalue weighted by Crippen LogP contribution is -2.32. The van der Waals surface area contributed by atoms with Crippen molar-refractivity contribution in [1.29, 1.82) is 0 Å². The predicted octanol–water partition coefficient (Wildman–Crippen LogP) is 7.71. The number of carbonyl (C=O) groups is 1. The monoisotopic (exact) mass is 513 g/mol. The SMILES string of the molecule is C=C1c2cc(C(C)(F)F)cc([C@H](Nc3ccccc3C(C)=O)C(F)(F)F)c2N=C(c2ccccc2)N1C. The van der Waals surface area contributed by atoms with Crippen molar-refractivity contribution in [2.45, 2.75) is 32.0 Å². The van der Waals surface area contributed by atoms with Crippen LogP contribution >= 0.6 is 0 Å². The minimum absolute atomic E-state index is 0.0419. The van der Waals surface area contributed by atoms with E-state index in [1.807, 2.05) is 0 Å². The molecule has 37 heavy (non-hydrogen) atoms. The second kappa shape index (κ2) is 9.46. The first-order valence-corrected chi connectivity index (χ1v) is 11.4. The molecule has 0 aromatic heterocycles. The standard InChI is InChI=1S/C28H24F5N3O/c1-16-21-14-19(27(3,29)30)15-22(24(21)35-26(36(16)4)18-10-6-5-7-11-18)25(28(31,32)33)34-23-13-9-8-12-20(23)17(2)37/h5-15,25,34H,1H2,2-4H3/t25-/m0/s1. The molecule has 1 atom stereocenters. The fourth-order valence-electron chi connectivity index (χ4n) is 4.22. The number of hydrogen-bond donors (Lipinski definition) is 1. The van der Waals surface area contributed by atoms with Crippen molar-refractivity contribution >= 4 is 28.7 Å². The van der Waals surface area contributed by atoms with E-state index in [4.69, 9.17) is 0 Å². The van der Waals surface area contributed by atoms with E-state index in [1.54, 1.807) is 42.3 Å². The molecule has 4 rings (SSSR count). The van der Waals surface area contributed by atoms with Crippen molar-refractivity contribution in [1.82, 2.24) is 4.90 Å². The highest BCUT2D eigenvalue weighted by Gasteiger charge is 2.45. The molecule has 1 aliphatic heterocycles. The number of nitrogens with zero attached hydrogens (tertiary/aromatic N) is 2. The van der Waals surface area contributed by atoms with E-state index in [2.05, 4.69) is 16.9 Å². The lowest BCUT2D eigenvalue weighted by atomic mass is 9.91. The number of hydrogen-bond acceptors (Lipinski definition) is 4. The third-order valence-corrected chi connectivity index (χ3v) is 6.17. The average Bonchev–Trinajstić information content (AvgIpc) is 2.83. The Morgan fingerprint density at radius 3 is 2.22 bits per heavy atom. The maximum absolute atomic E-state index is 14.6. The van der Waals surface area contributed by atoms with Gasteiger partial charge in [-0.15, -0.1) is 0 Å². The fourth-order valence-corrected chi connectivity index (χ4v) is 4.22. The smallest absolute Gasteiger partial charge is 0.370 e. The average molecular weight is 514 g/mol. The quantitative estimate of drug-likeness (QED) is 0.271. The molecule has 0 spiro atoms. The zero-order valence-electron chi connectivity index (χ0n) is 20.3. The van der Waals surface area contributed by atoms with E-state index >= 15 is 0 Å². The van der Waals surface area contributed by atoms with Crippen LogP contribution < -0.4 is 5.32 Å². The van der Waals surface area contributed by atoms with Crippen LogP contribution in [0, 0.1) is 0 Å². The summed E-state index contributed by atoms with van der Waals surface area (Å²) in [6.07, 6.45) is -4.92. The molecule has 0 unspecified atom stereocenters. The zero-order valence-corrected chi connectivity index (χ0v) is 20.3. The molecule has 0 bridgehead atoms. The molecule has 9 heteroatoms. The summed E-state index contributed by atoms with van der Waals surface area (Å²) in [5.41, 5.74) is -0.351. The van der Waals surface area contributed by atoms with Crippen molar-refractivity contribution in [2.24, 2.45) is 4.99 Å². The maximum Gasteiger partial charge on any atom is 0.412 e. The van der Waals surface area contributed by atoms with Crippen molar-refractivity contribution in [2.75, 3.05) is 12.4 Å². The first kappa shape index (κ1) is 26.1. The van der Waals surface area contributed by atoms with Gasteiger partial charge in [0.2, 0.25) is 0 Å². The molecule has 0 radical (unpaired) electrons. The molecule has 0 aliphatic carbocycles. The van der Waals surface area contributed by atoms with E-state index < -0.39 is 35.1 Å². The largest absolute Gasteiger partial charge is 0.412 e. The van der Waals surface area contributed by atoms with Crippen LogP contribution in [-0.4, -0.2) is 29.7 Å². The number of ketones is 1. The molecule has 1 aliphatic rings. The van der Waals surface area contributed by atoms with E-state index in [0.717, 1.165) is 12.1 Å². The number of amidine groups is 1. The molecule has 0 saturated carbocycles. The summed E-state index contributed by atoms with van der Waals surface area (Å²) in [6.45, 7) is 5.83. The molecule has 1 N–H and O–H groups in total. The summed E-state index contributed by atoms with van der Waals surface area (Å²) in [7, 11) is 1.62. The van der Waals surface area contributed by atoms with Gasteiger partial charge in [0, 0.05) is 53.2 Å². The summed E-state index contributed by atoms with van der Waals surface area (Å²) < 4.78 is 72.8. The minimum atomic E-state index is -4.92. The Kier molecular flexibility index (Phi) is 6.66. The van der Waals surface area contributed by atoms with Crippen LogP contribution in [0.3, 0.4) is 0 Å². The van der Waals surface area contributed by atoms with Crippen LogP contribution in [0.5, 0.6) is 0 Å². The Balaban J connectivity index is 2.00. The first-order chi connectivity index (χ1) is 17.3. The number of halogens is 5. The third-order valence-electron chi connectivity index (χ3n) is 6.17. The van der Waals surface area contributed by atoms with Crippen molar-refractivity contribution in [3.63, 3.8) is 0 Å². The van der Waals surface area contributed by atoms with Gasteiger partial charge in [-0.1, -0.05) is 49.0 Å². The van der Waals surface area contributed by atoms with Gasteiger partial charge in [-0.05, 0) is 31.2 Å². The highest BCUT2D eigenvalue weighted by molar-refractivity contribution is 6.08. The number of alkyl halides is 5. The van der Waals surface area contributed by atoms with Gasteiger partial charge in [-0.25, -0.2) is 13.8 Å². The van der Waals surface area contributed by atoms with Crippen LogP contribution in [0.4, 0.5) is 33.3 Å². The predicted molar refractivity (Wildman–Crippen MR) is 134 cm³/mol. The minimum Gasteiger partial charge on any atom is -0.370 e. The van der Waals surface area contributed by atoms with Crippen LogP contribution in [0.25, 0.3) is 5.70 Å². The molecule has 1 heterocycles. The van der Waals surface area contributed by atoms with Gasteiger partial charge in [0.15, 0.2) is 11.8 Å². The summed E-state index contributed by atoms with van der Waals surface area (Å²) in [6, 6.07) is 14.0. The fraction of sp³-hybridized carbons (Fsp3) is 0.214. The molecule has 4 nitrogen and oxygen atoms in total. The molecule has 3 aromatic carbocycles. The number of para-hydroxylation sites is 1. The summed E-state index contributed by atoms with van der Waals surface area (Å²) in [5, 5.41) is 2.39. The van der Waals surface area contributed by atoms with Gasteiger partial charge in [-0.2, -0.15) is 13.2 Å². The third kappa shape index (κ3) is 5.12. The topological polar surface area (TPSA) is 44.7 Å². The van der Waals surface area contributed by atoms with Crippen LogP contribution in [0.15, 0.2) is 78.3 Å². The van der Waals surface area contributed by atoms with Gasteiger partial charge >= 0.3 is 6.18 Å². The van der Waals surface area contributed by atoms with Crippen molar-refractivity contribution in [3.8, 4) is 0 Å². The molecular formula is C28H24F5N3O. The van der Waals surface area contributed by atoms with Gasteiger partial charge < -0.3 is 10.2 Å². The van der Waals surface area contributed by atoms with Crippen LogP contribution in [-0.2, 0) is 5.92 Å². The Hall–Kier alpha value is -4.01. The molecule has 192 valence electrons. The molecule has 0 saturated heterocycles. The summed E-state index contributed by atoms with van der Waals surface area (Å²) >= 11 is 0. The number of benzene rings is 3. The normalized spacial score (nSPS) is 14.6. The second-order valence-electron chi connectivity index (χ2n) is 8.88. The summed E-state index contributed by atoms with van der Waals surface area (Å²) in [4.78, 5) is 18.2.